The third-order valence-electron chi connectivity index (χ3n) is 4.86. The van der Waals surface area contributed by atoms with Crippen LogP contribution in [-0.2, 0) is 0 Å². The minimum Gasteiger partial charge on any atom is -0.296 e. The Morgan fingerprint density at radius 1 is 0.969 bits per heavy atom. The number of para-hydroxylation sites is 1. The van der Waals surface area contributed by atoms with Crippen molar-refractivity contribution in [2.24, 2.45) is 0 Å². The van der Waals surface area contributed by atoms with Gasteiger partial charge in [0.1, 0.15) is 11.5 Å². The van der Waals surface area contributed by atoms with Crippen LogP contribution >= 0.6 is 11.3 Å². The number of nitrogens with zero attached hydrogens (tertiary/aromatic N) is 5. The van der Waals surface area contributed by atoms with Crippen molar-refractivity contribution < 1.29 is 4.79 Å². The van der Waals surface area contributed by atoms with Gasteiger partial charge in [-0.2, -0.15) is 0 Å². The molecule has 1 amide bonds. The highest BCUT2D eigenvalue weighted by atomic mass is 32.1. The molecule has 0 atom stereocenters. The number of nitrogens with one attached hydrogen (secondary N) is 1. The van der Waals surface area contributed by atoms with Crippen LogP contribution in [0.2, 0.25) is 0 Å². The molecule has 5 rings (SSSR count). The summed E-state index contributed by atoms with van der Waals surface area (Å²) in [7, 11) is 0. The van der Waals surface area contributed by atoms with Crippen LogP contribution < -0.4 is 10.9 Å². The molecule has 0 saturated heterocycles. The zero-order valence-electron chi connectivity index (χ0n) is 16.9. The molecule has 0 bridgehead atoms. The van der Waals surface area contributed by atoms with E-state index in [9.17, 15) is 9.59 Å². The minimum atomic E-state index is -0.319. The molecule has 0 aliphatic rings. The molecule has 0 aliphatic heterocycles. The molecule has 0 spiro atoms. The smallest absolute Gasteiger partial charge is 0.265 e. The van der Waals surface area contributed by atoms with Crippen LogP contribution in [0.25, 0.3) is 27.3 Å². The molecule has 3 aromatic heterocycles. The number of amides is 1. The molecular formula is C23H16N6O2S. The summed E-state index contributed by atoms with van der Waals surface area (Å²) in [4.78, 5) is 34.4. The number of fused-ring (bicyclic) bond motifs is 1. The zero-order chi connectivity index (χ0) is 22.1. The normalized spacial score (nSPS) is 10.9. The zero-order valence-corrected chi connectivity index (χ0v) is 17.7. The molecular weight excluding hydrogens is 424 g/mol. The van der Waals surface area contributed by atoms with Gasteiger partial charge in [-0.15, -0.1) is 10.2 Å². The Kier molecular flexibility index (Phi) is 5.00. The molecule has 0 saturated carbocycles. The topological polar surface area (TPSA) is 103 Å². The number of pyridine rings is 1. The molecule has 8 nitrogen and oxygen atoms in total. The Balaban J connectivity index is 1.39. The number of carbonyl (C=O) groups is 1. The number of aryl methyl sites for hydroxylation is 1. The van der Waals surface area contributed by atoms with Gasteiger partial charge >= 0.3 is 0 Å². The molecule has 0 unspecified atom stereocenters. The molecule has 0 radical (unpaired) electrons. The van der Waals surface area contributed by atoms with Crippen molar-refractivity contribution in [3.8, 4) is 16.4 Å². The van der Waals surface area contributed by atoms with E-state index in [-0.39, 0.29) is 11.5 Å². The monoisotopic (exact) mass is 440 g/mol. The first kappa shape index (κ1) is 19.7. The summed E-state index contributed by atoms with van der Waals surface area (Å²) in [5.41, 5.74) is 2.27. The maximum atomic E-state index is 13.0. The molecule has 5 aromatic rings. The molecule has 3 heterocycles. The second kappa shape index (κ2) is 8.12. The predicted octanol–water partition coefficient (Wildman–Crippen LogP) is 3.86. The molecule has 0 aliphatic carbocycles. The summed E-state index contributed by atoms with van der Waals surface area (Å²) < 4.78 is 1.54. The van der Waals surface area contributed by atoms with E-state index in [0.29, 0.717) is 43.8 Å². The number of hydrogen-bond acceptors (Lipinski definition) is 7. The fourth-order valence-corrected chi connectivity index (χ4v) is 4.06. The number of benzene rings is 2. The van der Waals surface area contributed by atoms with Gasteiger partial charge in [-0.1, -0.05) is 29.5 Å². The lowest BCUT2D eigenvalue weighted by Crippen LogP contribution is -2.22. The van der Waals surface area contributed by atoms with Gasteiger partial charge in [-0.3, -0.25) is 24.5 Å². The second-order valence-corrected chi connectivity index (χ2v) is 7.92. The van der Waals surface area contributed by atoms with E-state index in [2.05, 4.69) is 25.5 Å². The van der Waals surface area contributed by atoms with E-state index in [1.807, 2.05) is 36.4 Å². The van der Waals surface area contributed by atoms with Gasteiger partial charge in [0.2, 0.25) is 5.13 Å². The molecule has 2 aromatic carbocycles. The fourth-order valence-electron chi connectivity index (χ4n) is 3.35. The van der Waals surface area contributed by atoms with Crippen molar-refractivity contribution in [3.05, 3.63) is 94.7 Å². The van der Waals surface area contributed by atoms with E-state index < -0.39 is 0 Å². The van der Waals surface area contributed by atoms with E-state index >= 15 is 0 Å². The Morgan fingerprint density at radius 3 is 2.53 bits per heavy atom. The third kappa shape index (κ3) is 3.65. The van der Waals surface area contributed by atoms with Crippen molar-refractivity contribution >= 4 is 33.3 Å². The van der Waals surface area contributed by atoms with Crippen LogP contribution in [0.15, 0.2) is 77.7 Å². The molecule has 32 heavy (non-hydrogen) atoms. The van der Waals surface area contributed by atoms with Crippen molar-refractivity contribution in [1.82, 2.24) is 24.7 Å². The summed E-state index contributed by atoms with van der Waals surface area (Å²) in [6.07, 6.45) is 1.68. The van der Waals surface area contributed by atoms with Crippen LogP contribution in [0.5, 0.6) is 0 Å². The van der Waals surface area contributed by atoms with E-state index in [1.165, 1.54) is 15.9 Å². The summed E-state index contributed by atoms with van der Waals surface area (Å²) >= 11 is 1.24. The number of hydrogen-bond donors (Lipinski definition) is 1. The van der Waals surface area contributed by atoms with Crippen molar-refractivity contribution in [1.29, 1.82) is 0 Å². The quantitative estimate of drug-likeness (QED) is 0.455. The standard InChI is InChI=1S/C23H16N6O2S/c1-14-25-18-7-3-2-6-17(18)22(31)29(14)16-11-9-15(10-12-16)20(30)26-23-28-27-21(32-23)19-8-4-5-13-24-19/h2-13H,1H3,(H,26,28,30). The maximum Gasteiger partial charge on any atom is 0.265 e. The highest BCUT2D eigenvalue weighted by molar-refractivity contribution is 7.18. The predicted molar refractivity (Wildman–Crippen MR) is 123 cm³/mol. The van der Waals surface area contributed by atoms with Gasteiger partial charge < -0.3 is 0 Å². The lowest BCUT2D eigenvalue weighted by molar-refractivity contribution is 0.102. The molecule has 156 valence electrons. The number of rotatable bonds is 4. The fraction of sp³-hybridized carbons (Fsp3) is 0.0435. The Bertz CT molecular complexity index is 1490. The first-order valence-corrected chi connectivity index (χ1v) is 10.6. The second-order valence-electron chi connectivity index (χ2n) is 6.95. The minimum absolute atomic E-state index is 0.152. The van der Waals surface area contributed by atoms with Gasteiger partial charge in [0, 0.05) is 11.8 Å². The lowest BCUT2D eigenvalue weighted by atomic mass is 10.2. The van der Waals surface area contributed by atoms with Crippen molar-refractivity contribution in [2.45, 2.75) is 6.92 Å². The molecule has 9 heteroatoms. The lowest BCUT2D eigenvalue weighted by Gasteiger charge is -2.11. The average molecular weight is 440 g/mol. The number of anilines is 1. The number of carbonyl (C=O) groups excluding carboxylic acids is 1. The van der Waals surface area contributed by atoms with Gasteiger partial charge in [-0.05, 0) is 55.5 Å². The SMILES string of the molecule is Cc1nc2ccccc2c(=O)n1-c1ccc(C(=O)Nc2nnc(-c3ccccn3)s2)cc1. The highest BCUT2D eigenvalue weighted by Crippen LogP contribution is 2.24. The van der Waals surface area contributed by atoms with E-state index in [4.69, 9.17) is 0 Å². The van der Waals surface area contributed by atoms with Gasteiger partial charge in [0.25, 0.3) is 11.5 Å². The highest BCUT2D eigenvalue weighted by Gasteiger charge is 2.14. The summed E-state index contributed by atoms with van der Waals surface area (Å²) in [5, 5.41) is 12.4. The number of aromatic nitrogens is 5. The third-order valence-corrected chi connectivity index (χ3v) is 5.72. The van der Waals surface area contributed by atoms with Gasteiger partial charge in [-0.25, -0.2) is 4.98 Å². The van der Waals surface area contributed by atoms with Crippen LogP contribution in [0.1, 0.15) is 16.2 Å². The Hall–Kier alpha value is -4.24. The molecule has 1 N–H and O–H groups in total. The van der Waals surface area contributed by atoms with Crippen molar-refractivity contribution in [2.75, 3.05) is 5.32 Å². The van der Waals surface area contributed by atoms with E-state index in [1.54, 1.807) is 43.5 Å². The Morgan fingerprint density at radius 2 is 1.75 bits per heavy atom. The van der Waals surface area contributed by atoms with Crippen LogP contribution in [0, 0.1) is 6.92 Å². The first-order valence-electron chi connectivity index (χ1n) is 9.75. The van der Waals surface area contributed by atoms with Gasteiger partial charge in [0.15, 0.2) is 5.01 Å². The summed E-state index contributed by atoms with van der Waals surface area (Å²) in [6.45, 7) is 1.78. The Labute approximate surface area is 186 Å². The van der Waals surface area contributed by atoms with Crippen LogP contribution in [-0.4, -0.2) is 30.6 Å². The molecule has 0 fully saturated rings. The maximum absolute atomic E-state index is 13.0. The first-order chi connectivity index (χ1) is 15.6. The van der Waals surface area contributed by atoms with E-state index in [0.717, 1.165) is 0 Å². The largest absolute Gasteiger partial charge is 0.296 e. The van der Waals surface area contributed by atoms with Gasteiger partial charge in [0.05, 0.1) is 16.6 Å². The van der Waals surface area contributed by atoms with Crippen LogP contribution in [0.3, 0.4) is 0 Å². The summed E-state index contributed by atoms with van der Waals surface area (Å²) in [6, 6.07) is 19.5. The van der Waals surface area contributed by atoms with Crippen LogP contribution in [0.4, 0.5) is 5.13 Å². The van der Waals surface area contributed by atoms with Crippen molar-refractivity contribution in [3.63, 3.8) is 0 Å². The summed E-state index contributed by atoms with van der Waals surface area (Å²) in [5.74, 6) is 0.253. The average Bonchev–Trinajstić information content (AvgIpc) is 3.28.